The average molecular weight is 391 g/mol. The molecule has 2 saturated heterocycles. The monoisotopic (exact) mass is 390 g/mol. The smallest absolute Gasteiger partial charge is 0.238 e. The number of aliphatic hydroxyl groups excluding tert-OH is 1. The molecule has 2 aliphatic rings. The molecule has 1 amide bonds. The lowest BCUT2D eigenvalue weighted by Crippen LogP contribution is -2.73. The Labute approximate surface area is 161 Å². The number of fused-ring (bicyclic) bond motifs is 1. The van der Waals surface area contributed by atoms with Crippen molar-refractivity contribution in [2.75, 3.05) is 26.0 Å². The van der Waals surface area contributed by atoms with E-state index in [1.807, 2.05) is 24.3 Å². The second kappa shape index (κ2) is 7.63. The van der Waals surface area contributed by atoms with E-state index >= 15 is 0 Å². The molecule has 0 aliphatic carbocycles. The third-order valence-corrected chi connectivity index (χ3v) is 6.44. The Hall–Kier alpha value is -1.88. The van der Waals surface area contributed by atoms with Crippen LogP contribution in [0.15, 0.2) is 24.3 Å². The minimum absolute atomic E-state index is 0.0822. The van der Waals surface area contributed by atoms with Crippen molar-refractivity contribution in [1.82, 2.24) is 9.21 Å². The van der Waals surface area contributed by atoms with Crippen molar-refractivity contribution < 1.29 is 18.3 Å². The number of piperazine rings is 1. The van der Waals surface area contributed by atoms with Crippen molar-refractivity contribution in [3.8, 4) is 11.8 Å². The molecule has 0 aromatic heterocycles. The molecule has 0 spiro atoms. The summed E-state index contributed by atoms with van der Waals surface area (Å²) in [5, 5.41) is 9.77. The van der Waals surface area contributed by atoms with Gasteiger partial charge in [0.1, 0.15) is 0 Å². The Balaban J connectivity index is 1.80. The quantitative estimate of drug-likeness (QED) is 0.779. The Morgan fingerprint density at radius 1 is 1.26 bits per heavy atom. The van der Waals surface area contributed by atoms with Crippen molar-refractivity contribution >= 4 is 15.9 Å². The largest absolute Gasteiger partial charge is 0.394 e. The second-order valence-corrected chi connectivity index (χ2v) is 9.70. The highest BCUT2D eigenvalue weighted by Crippen LogP contribution is 2.43. The highest BCUT2D eigenvalue weighted by Gasteiger charge is 2.54. The molecule has 3 atom stereocenters. The first kappa shape index (κ1) is 19.9. The summed E-state index contributed by atoms with van der Waals surface area (Å²) in [4.78, 5) is 14.0. The minimum Gasteiger partial charge on any atom is -0.394 e. The first-order valence-electron chi connectivity index (χ1n) is 9.18. The fourth-order valence-electron chi connectivity index (χ4n) is 3.87. The molecule has 1 aromatic carbocycles. The maximum absolute atomic E-state index is 12.4. The van der Waals surface area contributed by atoms with Gasteiger partial charge in [0.25, 0.3) is 0 Å². The molecule has 2 heterocycles. The van der Waals surface area contributed by atoms with E-state index in [1.54, 1.807) is 4.90 Å². The second-order valence-electron chi connectivity index (χ2n) is 7.72. The summed E-state index contributed by atoms with van der Waals surface area (Å²) < 4.78 is 25.0. The standard InChI is InChI=1S/C20H26N2O4S/c1-14(2)5-4-6-15-7-9-16(10-8-15)20-17-11-21(27(3,25)26)12-19(24)22(17)18(20)13-23/h7-10,14,17-18,20,23H,5,11-13H2,1-3H3/t17-,18+,20+/m1/s1. The highest BCUT2D eigenvalue weighted by molar-refractivity contribution is 7.88. The molecule has 1 N–H and O–H groups in total. The Kier molecular flexibility index (Phi) is 5.61. The zero-order chi connectivity index (χ0) is 19.8. The number of nitrogens with zero attached hydrogens (tertiary/aromatic N) is 2. The molecular formula is C20H26N2O4S. The molecule has 0 saturated carbocycles. The van der Waals surface area contributed by atoms with Gasteiger partial charge in [-0.3, -0.25) is 4.79 Å². The summed E-state index contributed by atoms with van der Waals surface area (Å²) in [5.74, 6) is 6.50. The molecular weight excluding hydrogens is 364 g/mol. The molecule has 0 radical (unpaired) electrons. The number of rotatable bonds is 4. The van der Waals surface area contributed by atoms with Crippen molar-refractivity contribution in [2.45, 2.75) is 38.3 Å². The lowest BCUT2D eigenvalue weighted by Gasteiger charge is -2.58. The third-order valence-electron chi connectivity index (χ3n) is 5.23. The van der Waals surface area contributed by atoms with E-state index in [0.29, 0.717) is 5.92 Å². The number of amides is 1. The maximum atomic E-state index is 12.4. The molecule has 2 fully saturated rings. The van der Waals surface area contributed by atoms with Crippen LogP contribution < -0.4 is 0 Å². The van der Waals surface area contributed by atoms with Crippen molar-refractivity contribution in [1.29, 1.82) is 0 Å². The van der Waals surface area contributed by atoms with Crippen molar-refractivity contribution in [3.05, 3.63) is 35.4 Å². The summed E-state index contributed by atoms with van der Waals surface area (Å²) >= 11 is 0. The van der Waals surface area contributed by atoms with Gasteiger partial charge in [0.05, 0.1) is 31.5 Å². The normalized spacial score (nSPS) is 25.6. The van der Waals surface area contributed by atoms with Crippen LogP contribution in [-0.4, -0.2) is 66.7 Å². The van der Waals surface area contributed by atoms with Gasteiger partial charge in [0.15, 0.2) is 0 Å². The van der Waals surface area contributed by atoms with Gasteiger partial charge in [-0.15, -0.1) is 0 Å². The summed E-state index contributed by atoms with van der Waals surface area (Å²) in [5.41, 5.74) is 1.92. The number of benzene rings is 1. The third kappa shape index (κ3) is 4.03. The molecule has 1 aromatic rings. The summed E-state index contributed by atoms with van der Waals surface area (Å²) in [6.07, 6.45) is 1.97. The van der Waals surface area contributed by atoms with E-state index in [9.17, 15) is 18.3 Å². The van der Waals surface area contributed by atoms with Gasteiger partial charge in [-0.2, -0.15) is 4.31 Å². The van der Waals surface area contributed by atoms with Crippen LogP contribution in [0.3, 0.4) is 0 Å². The Morgan fingerprint density at radius 3 is 2.48 bits per heavy atom. The summed E-state index contributed by atoms with van der Waals surface area (Å²) in [6, 6.07) is 7.28. The van der Waals surface area contributed by atoms with Gasteiger partial charge in [-0.1, -0.05) is 37.8 Å². The molecule has 146 valence electrons. The van der Waals surface area contributed by atoms with Crippen LogP contribution in [0, 0.1) is 17.8 Å². The van der Waals surface area contributed by atoms with Gasteiger partial charge >= 0.3 is 0 Å². The fourth-order valence-corrected chi connectivity index (χ4v) is 4.64. The number of hydrogen-bond donors (Lipinski definition) is 1. The first-order chi connectivity index (χ1) is 12.7. The maximum Gasteiger partial charge on any atom is 0.238 e. The zero-order valence-electron chi connectivity index (χ0n) is 15.9. The van der Waals surface area contributed by atoms with Crippen molar-refractivity contribution in [2.24, 2.45) is 5.92 Å². The molecule has 0 bridgehead atoms. The molecule has 27 heavy (non-hydrogen) atoms. The Morgan fingerprint density at radius 2 is 1.93 bits per heavy atom. The lowest BCUT2D eigenvalue weighted by molar-refractivity contribution is -0.158. The van der Waals surface area contributed by atoms with Gasteiger partial charge < -0.3 is 10.0 Å². The molecule has 0 unspecified atom stereocenters. The van der Waals surface area contributed by atoms with Gasteiger partial charge in [-0.25, -0.2) is 8.42 Å². The fraction of sp³-hybridized carbons (Fsp3) is 0.550. The van der Waals surface area contributed by atoms with Gasteiger partial charge in [0.2, 0.25) is 15.9 Å². The van der Waals surface area contributed by atoms with E-state index in [-0.39, 0.29) is 43.6 Å². The van der Waals surface area contributed by atoms with Crippen LogP contribution in [0.2, 0.25) is 0 Å². The lowest BCUT2D eigenvalue weighted by atomic mass is 9.74. The minimum atomic E-state index is -3.43. The predicted octanol–water partition coefficient (Wildman–Crippen LogP) is 1.01. The van der Waals surface area contributed by atoms with Crippen LogP contribution in [0.5, 0.6) is 0 Å². The van der Waals surface area contributed by atoms with Crippen LogP contribution >= 0.6 is 0 Å². The van der Waals surface area contributed by atoms with Gasteiger partial charge in [0, 0.05) is 24.4 Å². The van der Waals surface area contributed by atoms with E-state index in [1.165, 1.54) is 4.31 Å². The molecule has 3 rings (SSSR count). The van der Waals surface area contributed by atoms with E-state index < -0.39 is 10.0 Å². The van der Waals surface area contributed by atoms with Crippen LogP contribution in [-0.2, 0) is 14.8 Å². The first-order valence-corrected chi connectivity index (χ1v) is 11.0. The number of sulfonamides is 1. The van der Waals surface area contributed by atoms with E-state index in [0.717, 1.165) is 23.8 Å². The SMILES string of the molecule is CC(C)CC#Cc1ccc([C@H]2[C@H]3CN(S(C)(=O)=O)CC(=O)N3[C@H]2CO)cc1. The molecule has 7 heteroatoms. The van der Waals surface area contributed by atoms with E-state index in [4.69, 9.17) is 0 Å². The van der Waals surface area contributed by atoms with Crippen LogP contribution in [0.4, 0.5) is 0 Å². The average Bonchev–Trinajstić information content (AvgIpc) is 2.56. The van der Waals surface area contributed by atoms with Crippen LogP contribution in [0.25, 0.3) is 0 Å². The molecule has 2 aliphatic heterocycles. The van der Waals surface area contributed by atoms with E-state index in [2.05, 4.69) is 25.7 Å². The number of carbonyl (C=O) groups excluding carboxylic acids is 1. The zero-order valence-corrected chi connectivity index (χ0v) is 16.7. The number of carbonyl (C=O) groups is 1. The number of aliphatic hydroxyl groups is 1. The Bertz CT molecular complexity index is 867. The van der Waals surface area contributed by atoms with Crippen LogP contribution in [0.1, 0.15) is 37.3 Å². The summed E-state index contributed by atoms with van der Waals surface area (Å²) in [7, 11) is -3.43. The predicted molar refractivity (Wildman–Crippen MR) is 103 cm³/mol. The topological polar surface area (TPSA) is 77.9 Å². The summed E-state index contributed by atoms with van der Waals surface area (Å²) in [6.45, 7) is 4.23. The van der Waals surface area contributed by atoms with Gasteiger partial charge in [-0.05, 0) is 23.6 Å². The highest BCUT2D eigenvalue weighted by atomic mass is 32.2. The van der Waals surface area contributed by atoms with Crippen molar-refractivity contribution in [3.63, 3.8) is 0 Å². The molecule has 6 nitrogen and oxygen atoms in total. The number of hydrogen-bond acceptors (Lipinski definition) is 4.